The van der Waals surface area contributed by atoms with Gasteiger partial charge in [0.2, 0.25) is 0 Å². The third-order valence-corrected chi connectivity index (χ3v) is 5.96. The molecule has 7 nitrogen and oxygen atoms in total. The number of carbonyl (C=O) groups is 1. The lowest BCUT2D eigenvalue weighted by atomic mass is 10.0. The topological polar surface area (TPSA) is 69.7 Å². The molecule has 3 heterocycles. The number of carbonyl (C=O) groups excluding carboxylic acids is 1. The molecule has 2 aromatic heterocycles. The van der Waals surface area contributed by atoms with Crippen LogP contribution < -0.4 is 4.74 Å². The molecule has 5 rings (SSSR count). The molecule has 0 N–H and O–H groups in total. The van der Waals surface area contributed by atoms with Gasteiger partial charge >= 0.3 is 0 Å². The Morgan fingerprint density at radius 3 is 2.77 bits per heavy atom. The van der Waals surface area contributed by atoms with E-state index in [4.69, 9.17) is 13.9 Å². The van der Waals surface area contributed by atoms with Gasteiger partial charge in [0, 0.05) is 25.7 Å². The maximum Gasteiger partial charge on any atom is 0.289 e. The van der Waals surface area contributed by atoms with Crippen LogP contribution in [0.3, 0.4) is 0 Å². The molecule has 0 unspecified atom stereocenters. The summed E-state index contributed by atoms with van der Waals surface area (Å²) in [5.41, 5.74) is 4.44. The standard InChI is InChI=1S/C28H29N3O4/c1-21-17-29-31(18-21)20-25-9-10-27(35-25)28(32)30-11-12-33-13-14-34-26-8-3-2-7-24(26)16-22-5-4-6-23(15-22)19-30/h2-10,15,17-18H,11-14,16,19-20H2,1H3. The molecule has 0 atom stereocenters. The van der Waals surface area contributed by atoms with E-state index in [9.17, 15) is 4.79 Å². The second-order valence-corrected chi connectivity index (χ2v) is 8.77. The number of rotatable bonds is 3. The van der Waals surface area contributed by atoms with E-state index in [2.05, 4.69) is 23.3 Å². The zero-order valence-electron chi connectivity index (χ0n) is 19.9. The van der Waals surface area contributed by atoms with Crippen LogP contribution in [0.5, 0.6) is 5.75 Å². The molecule has 180 valence electrons. The minimum absolute atomic E-state index is 0.157. The molecule has 7 heteroatoms. The van der Waals surface area contributed by atoms with Crippen LogP contribution in [0.15, 0.2) is 77.5 Å². The fourth-order valence-electron chi connectivity index (χ4n) is 4.26. The molecule has 0 saturated heterocycles. The van der Waals surface area contributed by atoms with Crippen molar-refractivity contribution in [2.24, 2.45) is 0 Å². The van der Waals surface area contributed by atoms with Gasteiger partial charge in [-0.2, -0.15) is 5.10 Å². The highest BCUT2D eigenvalue weighted by Crippen LogP contribution is 2.23. The van der Waals surface area contributed by atoms with Gasteiger partial charge in [-0.05, 0) is 47.4 Å². The Morgan fingerprint density at radius 2 is 1.89 bits per heavy atom. The Labute approximate surface area is 204 Å². The van der Waals surface area contributed by atoms with E-state index < -0.39 is 0 Å². The fraction of sp³-hybridized carbons (Fsp3) is 0.286. The maximum atomic E-state index is 13.4. The lowest BCUT2D eigenvalue weighted by Gasteiger charge is -2.23. The first-order valence-corrected chi connectivity index (χ1v) is 11.9. The van der Waals surface area contributed by atoms with E-state index in [1.165, 1.54) is 5.56 Å². The van der Waals surface area contributed by atoms with Crippen molar-refractivity contribution in [2.75, 3.05) is 26.4 Å². The van der Waals surface area contributed by atoms with Crippen LogP contribution in [-0.2, 0) is 24.2 Å². The Hall–Kier alpha value is -3.84. The van der Waals surface area contributed by atoms with Crippen molar-refractivity contribution in [3.63, 3.8) is 0 Å². The van der Waals surface area contributed by atoms with E-state index >= 15 is 0 Å². The first kappa shape index (κ1) is 22.9. The number of hydrogen-bond donors (Lipinski definition) is 0. The van der Waals surface area contributed by atoms with Crippen LogP contribution in [0.1, 0.15) is 38.6 Å². The number of fused-ring (bicyclic) bond motifs is 3. The molecule has 2 aromatic carbocycles. The summed E-state index contributed by atoms with van der Waals surface area (Å²) in [7, 11) is 0. The van der Waals surface area contributed by atoms with Crippen LogP contribution >= 0.6 is 0 Å². The van der Waals surface area contributed by atoms with Crippen molar-refractivity contribution in [3.8, 4) is 5.75 Å². The third-order valence-electron chi connectivity index (χ3n) is 5.96. The van der Waals surface area contributed by atoms with E-state index in [1.54, 1.807) is 21.8 Å². The minimum Gasteiger partial charge on any atom is -0.491 e. The highest BCUT2D eigenvalue weighted by atomic mass is 16.5. The number of ether oxygens (including phenoxy) is 2. The molecule has 2 bridgehead atoms. The summed E-state index contributed by atoms with van der Waals surface area (Å²) in [6.07, 6.45) is 4.50. The van der Waals surface area contributed by atoms with Gasteiger partial charge < -0.3 is 18.8 Å². The number of amides is 1. The van der Waals surface area contributed by atoms with Crippen molar-refractivity contribution >= 4 is 5.91 Å². The predicted molar refractivity (Wildman–Crippen MR) is 132 cm³/mol. The van der Waals surface area contributed by atoms with Gasteiger partial charge in [0.15, 0.2) is 5.76 Å². The van der Waals surface area contributed by atoms with E-state index in [1.807, 2.05) is 49.5 Å². The summed E-state index contributed by atoms with van der Waals surface area (Å²) in [5.74, 6) is 1.73. The largest absolute Gasteiger partial charge is 0.491 e. The normalized spacial score (nSPS) is 14.6. The van der Waals surface area contributed by atoms with Crippen LogP contribution in [0, 0.1) is 6.92 Å². The SMILES string of the molecule is Cc1cnn(Cc2ccc(C(=O)N3CCOCCOc4ccccc4Cc4cccc(c4)C3)o2)c1. The maximum absolute atomic E-state index is 13.4. The Kier molecular flexibility index (Phi) is 6.95. The molecular formula is C28H29N3O4. The predicted octanol–water partition coefficient (Wildman–Crippen LogP) is 4.48. The van der Waals surface area contributed by atoms with Crippen molar-refractivity contribution in [1.82, 2.24) is 14.7 Å². The molecule has 0 aliphatic carbocycles. The molecule has 0 fully saturated rings. The summed E-state index contributed by atoms with van der Waals surface area (Å²) in [6.45, 7) is 4.72. The molecule has 35 heavy (non-hydrogen) atoms. The van der Waals surface area contributed by atoms with Gasteiger partial charge in [0.05, 0.1) is 26.0 Å². The number of aromatic nitrogens is 2. The first-order chi connectivity index (χ1) is 17.1. The smallest absolute Gasteiger partial charge is 0.289 e. The molecule has 1 amide bonds. The minimum atomic E-state index is -0.157. The van der Waals surface area contributed by atoms with Gasteiger partial charge in [-0.25, -0.2) is 0 Å². The third kappa shape index (κ3) is 5.81. The molecular weight excluding hydrogens is 442 g/mol. The number of benzene rings is 2. The lowest BCUT2D eigenvalue weighted by molar-refractivity contribution is 0.0546. The van der Waals surface area contributed by atoms with Crippen LogP contribution in [-0.4, -0.2) is 47.0 Å². The Bertz CT molecular complexity index is 1290. The Morgan fingerprint density at radius 1 is 1.00 bits per heavy atom. The number of furan rings is 1. The molecule has 1 aliphatic rings. The molecule has 1 aliphatic heterocycles. The van der Waals surface area contributed by atoms with E-state index in [-0.39, 0.29) is 5.91 Å². The molecule has 0 spiro atoms. The lowest BCUT2D eigenvalue weighted by Crippen LogP contribution is -2.33. The number of aryl methyl sites for hydroxylation is 1. The van der Waals surface area contributed by atoms with Gasteiger partial charge in [-0.15, -0.1) is 0 Å². The second kappa shape index (κ2) is 10.6. The monoisotopic (exact) mass is 471 g/mol. The molecule has 4 aromatic rings. The fourth-order valence-corrected chi connectivity index (χ4v) is 4.26. The van der Waals surface area contributed by atoms with Gasteiger partial charge in [0.25, 0.3) is 5.91 Å². The van der Waals surface area contributed by atoms with Crippen LogP contribution in [0.4, 0.5) is 0 Å². The summed E-state index contributed by atoms with van der Waals surface area (Å²) in [4.78, 5) is 15.2. The van der Waals surface area contributed by atoms with E-state index in [0.29, 0.717) is 51.0 Å². The van der Waals surface area contributed by atoms with Gasteiger partial charge in [-0.1, -0.05) is 42.5 Å². The average Bonchev–Trinajstić information content (AvgIpc) is 3.50. The first-order valence-electron chi connectivity index (χ1n) is 11.9. The summed E-state index contributed by atoms with van der Waals surface area (Å²) < 4.78 is 19.5. The zero-order chi connectivity index (χ0) is 24.0. The van der Waals surface area contributed by atoms with E-state index in [0.717, 1.165) is 28.9 Å². The van der Waals surface area contributed by atoms with Crippen molar-refractivity contribution < 1.29 is 18.7 Å². The van der Waals surface area contributed by atoms with Gasteiger partial charge in [0.1, 0.15) is 18.1 Å². The summed E-state index contributed by atoms with van der Waals surface area (Å²) in [6, 6.07) is 20.0. The number of para-hydroxylation sites is 1. The van der Waals surface area contributed by atoms with Crippen molar-refractivity contribution in [1.29, 1.82) is 0 Å². The quantitative estimate of drug-likeness (QED) is 0.441. The van der Waals surface area contributed by atoms with Crippen molar-refractivity contribution in [2.45, 2.75) is 26.4 Å². The second-order valence-electron chi connectivity index (χ2n) is 8.77. The highest BCUT2D eigenvalue weighted by molar-refractivity contribution is 5.91. The number of hydrogen-bond acceptors (Lipinski definition) is 5. The average molecular weight is 472 g/mol. The Balaban J connectivity index is 1.35. The zero-order valence-corrected chi connectivity index (χ0v) is 19.9. The molecule has 0 radical (unpaired) electrons. The highest BCUT2D eigenvalue weighted by Gasteiger charge is 2.20. The molecule has 0 saturated carbocycles. The number of nitrogens with zero attached hydrogens (tertiary/aromatic N) is 3. The van der Waals surface area contributed by atoms with Gasteiger partial charge in [-0.3, -0.25) is 9.48 Å². The summed E-state index contributed by atoms with van der Waals surface area (Å²) >= 11 is 0. The summed E-state index contributed by atoms with van der Waals surface area (Å²) in [5, 5.41) is 4.29. The van der Waals surface area contributed by atoms with Crippen LogP contribution in [0.2, 0.25) is 0 Å². The van der Waals surface area contributed by atoms with Crippen LogP contribution in [0.25, 0.3) is 0 Å². The van der Waals surface area contributed by atoms with Crippen molar-refractivity contribution in [3.05, 3.63) is 107 Å².